The molecule has 0 saturated heterocycles. The fourth-order valence-corrected chi connectivity index (χ4v) is 2.02. The Labute approximate surface area is 95.9 Å². The van der Waals surface area contributed by atoms with E-state index in [0.29, 0.717) is 12.5 Å². The smallest absolute Gasteiger partial charge is 0.414 e. The van der Waals surface area contributed by atoms with E-state index in [4.69, 9.17) is 4.74 Å². The van der Waals surface area contributed by atoms with Gasteiger partial charge in [0.2, 0.25) is 0 Å². The summed E-state index contributed by atoms with van der Waals surface area (Å²) in [4.78, 5) is 13.0. The predicted octanol–water partition coefficient (Wildman–Crippen LogP) is 3.57. The summed E-state index contributed by atoms with van der Waals surface area (Å²) < 4.78 is 5.13. The molecule has 0 bridgehead atoms. The third kappa shape index (κ3) is 5.11. The Kier molecular flexibility index (Phi) is 6.32. The molecule has 1 amide bonds. The van der Waals surface area contributed by atoms with Crippen LogP contribution in [0, 0.1) is 0 Å². The lowest BCUT2D eigenvalue weighted by molar-refractivity contribution is 0.120. The van der Waals surface area contributed by atoms with Crippen LogP contribution in [-0.2, 0) is 4.74 Å². The maximum atomic E-state index is 11.4. The molecule has 0 spiro atoms. The molecule has 15 heavy (non-hydrogen) atoms. The summed E-state index contributed by atoms with van der Waals surface area (Å²) in [7, 11) is 0. The molecule has 86 valence electrons. The Hall–Kier alpha value is -0.640. The van der Waals surface area contributed by atoms with Gasteiger partial charge in [-0.2, -0.15) is 0 Å². The van der Waals surface area contributed by atoms with Crippen LogP contribution in [0.1, 0.15) is 39.0 Å². The van der Waals surface area contributed by atoms with Crippen molar-refractivity contribution in [3.05, 3.63) is 11.6 Å². The molecule has 0 radical (unpaired) electrons. The molecule has 0 aromatic heterocycles. The van der Waals surface area contributed by atoms with Gasteiger partial charge in [0, 0.05) is 6.20 Å². The lowest BCUT2D eigenvalue weighted by Gasteiger charge is -2.12. The van der Waals surface area contributed by atoms with Crippen molar-refractivity contribution in [1.82, 2.24) is 4.90 Å². The minimum absolute atomic E-state index is 0.216. The highest BCUT2D eigenvalue weighted by Gasteiger charge is 2.14. The molecule has 0 N–H and O–H groups in total. The molecule has 0 fully saturated rings. The molecule has 3 nitrogen and oxygen atoms in total. The average Bonchev–Trinajstić information content (AvgIpc) is 2.76. The van der Waals surface area contributed by atoms with Gasteiger partial charge in [0.25, 0.3) is 0 Å². The van der Waals surface area contributed by atoms with Crippen molar-refractivity contribution in [3.8, 4) is 0 Å². The number of hydrogen-bond donors (Lipinski definition) is 0. The van der Waals surface area contributed by atoms with E-state index in [9.17, 15) is 4.79 Å². The second-order valence-electron chi connectivity index (χ2n) is 3.58. The van der Waals surface area contributed by atoms with Crippen LogP contribution in [-0.4, -0.2) is 23.5 Å². The first-order chi connectivity index (χ1) is 7.34. The zero-order chi connectivity index (χ0) is 10.9. The summed E-state index contributed by atoms with van der Waals surface area (Å²) in [6.45, 7) is 2.74. The van der Waals surface area contributed by atoms with Crippen molar-refractivity contribution >= 4 is 17.9 Å². The minimum atomic E-state index is -0.216. The number of carbonyl (C=O) groups is 1. The number of ether oxygens (including phenoxy) is 1. The van der Waals surface area contributed by atoms with E-state index in [2.05, 4.69) is 6.92 Å². The highest BCUT2D eigenvalue weighted by molar-refractivity contribution is 8.02. The molecule has 0 unspecified atom stereocenters. The standard InChI is InChI=1S/C11H19NO2S/c1-2-3-4-5-6-8-14-11(13)12-7-9-15-10-12/h7,9H,2-6,8,10H2,1H3. The zero-order valence-corrected chi connectivity index (χ0v) is 10.1. The molecule has 0 aliphatic carbocycles. The Morgan fingerprint density at radius 3 is 2.87 bits per heavy atom. The fourth-order valence-electron chi connectivity index (χ4n) is 1.34. The highest BCUT2D eigenvalue weighted by atomic mass is 32.2. The normalized spacial score (nSPS) is 14.6. The third-order valence-electron chi connectivity index (χ3n) is 2.26. The summed E-state index contributed by atoms with van der Waals surface area (Å²) in [6, 6.07) is 0. The Morgan fingerprint density at radius 2 is 2.20 bits per heavy atom. The van der Waals surface area contributed by atoms with Gasteiger partial charge in [-0.05, 0) is 11.8 Å². The number of thioether (sulfide) groups is 1. The molecule has 1 aliphatic rings. The predicted molar refractivity (Wildman–Crippen MR) is 63.5 cm³/mol. The van der Waals surface area contributed by atoms with E-state index in [0.717, 1.165) is 12.8 Å². The summed E-state index contributed by atoms with van der Waals surface area (Å²) in [5, 5.41) is 1.91. The van der Waals surface area contributed by atoms with E-state index in [1.807, 2.05) is 5.41 Å². The lowest BCUT2D eigenvalue weighted by Crippen LogP contribution is -2.24. The highest BCUT2D eigenvalue weighted by Crippen LogP contribution is 2.15. The van der Waals surface area contributed by atoms with Gasteiger partial charge in [-0.1, -0.05) is 32.6 Å². The maximum Gasteiger partial charge on any atom is 0.414 e. The van der Waals surface area contributed by atoms with Gasteiger partial charge in [0.05, 0.1) is 12.5 Å². The minimum Gasteiger partial charge on any atom is -0.449 e. The molecular weight excluding hydrogens is 210 g/mol. The average molecular weight is 229 g/mol. The van der Waals surface area contributed by atoms with Crippen LogP contribution in [0.2, 0.25) is 0 Å². The monoisotopic (exact) mass is 229 g/mol. The molecule has 1 heterocycles. The van der Waals surface area contributed by atoms with E-state index in [1.54, 1.807) is 22.9 Å². The number of carbonyl (C=O) groups excluding carboxylic acids is 1. The Morgan fingerprint density at radius 1 is 1.40 bits per heavy atom. The second-order valence-corrected chi connectivity index (χ2v) is 4.44. The van der Waals surface area contributed by atoms with Crippen LogP contribution in [0.3, 0.4) is 0 Å². The maximum absolute atomic E-state index is 11.4. The summed E-state index contributed by atoms with van der Waals surface area (Å²) >= 11 is 1.61. The number of amides is 1. The van der Waals surface area contributed by atoms with Crippen molar-refractivity contribution < 1.29 is 9.53 Å². The Bertz CT molecular complexity index is 219. The number of nitrogens with zero attached hydrogens (tertiary/aromatic N) is 1. The molecule has 0 atom stereocenters. The first-order valence-corrected chi connectivity index (χ1v) is 6.61. The Balaban J connectivity index is 1.95. The molecule has 4 heteroatoms. The van der Waals surface area contributed by atoms with E-state index >= 15 is 0 Å². The molecule has 0 aromatic carbocycles. The van der Waals surface area contributed by atoms with Crippen molar-refractivity contribution in [2.24, 2.45) is 0 Å². The number of unbranched alkanes of at least 4 members (excludes halogenated alkanes) is 4. The molecule has 1 rings (SSSR count). The molecule has 1 aliphatic heterocycles. The lowest BCUT2D eigenvalue weighted by atomic mass is 10.2. The van der Waals surface area contributed by atoms with Crippen LogP contribution in [0.25, 0.3) is 0 Å². The van der Waals surface area contributed by atoms with Gasteiger partial charge in [0.1, 0.15) is 0 Å². The molecular formula is C11H19NO2S. The van der Waals surface area contributed by atoms with Gasteiger partial charge in [-0.3, -0.25) is 4.90 Å². The first-order valence-electron chi connectivity index (χ1n) is 5.56. The van der Waals surface area contributed by atoms with Crippen molar-refractivity contribution in [1.29, 1.82) is 0 Å². The topological polar surface area (TPSA) is 29.5 Å². The van der Waals surface area contributed by atoms with Crippen molar-refractivity contribution in [3.63, 3.8) is 0 Å². The second kappa shape index (κ2) is 7.63. The van der Waals surface area contributed by atoms with E-state index < -0.39 is 0 Å². The van der Waals surface area contributed by atoms with Crippen LogP contribution in [0.5, 0.6) is 0 Å². The van der Waals surface area contributed by atoms with Crippen LogP contribution >= 0.6 is 11.8 Å². The van der Waals surface area contributed by atoms with Gasteiger partial charge in [-0.25, -0.2) is 4.79 Å². The van der Waals surface area contributed by atoms with Crippen molar-refractivity contribution in [2.45, 2.75) is 39.0 Å². The van der Waals surface area contributed by atoms with E-state index in [1.165, 1.54) is 19.3 Å². The van der Waals surface area contributed by atoms with E-state index in [-0.39, 0.29) is 6.09 Å². The first kappa shape index (κ1) is 12.4. The quantitative estimate of drug-likeness (QED) is 0.652. The molecule has 0 saturated carbocycles. The van der Waals surface area contributed by atoms with Gasteiger partial charge in [-0.15, -0.1) is 11.8 Å². The largest absolute Gasteiger partial charge is 0.449 e. The molecule has 0 aromatic rings. The number of rotatable bonds is 6. The fraction of sp³-hybridized carbons (Fsp3) is 0.727. The summed E-state index contributed by atoms with van der Waals surface area (Å²) in [5.74, 6) is 0.689. The third-order valence-corrected chi connectivity index (χ3v) is 3.00. The number of hydrogen-bond acceptors (Lipinski definition) is 3. The summed E-state index contributed by atoms with van der Waals surface area (Å²) in [5.41, 5.74) is 0. The van der Waals surface area contributed by atoms with Crippen LogP contribution in [0.4, 0.5) is 4.79 Å². The van der Waals surface area contributed by atoms with Crippen LogP contribution in [0.15, 0.2) is 11.6 Å². The van der Waals surface area contributed by atoms with Gasteiger partial charge >= 0.3 is 6.09 Å². The van der Waals surface area contributed by atoms with Crippen molar-refractivity contribution in [2.75, 3.05) is 12.5 Å². The zero-order valence-electron chi connectivity index (χ0n) is 9.28. The van der Waals surface area contributed by atoms with Gasteiger partial charge < -0.3 is 4.74 Å². The summed E-state index contributed by atoms with van der Waals surface area (Å²) in [6.07, 6.45) is 7.46. The van der Waals surface area contributed by atoms with Gasteiger partial charge in [0.15, 0.2) is 0 Å². The SMILES string of the molecule is CCCCCCCOC(=O)N1C=CSC1. The van der Waals surface area contributed by atoms with Crippen LogP contribution < -0.4 is 0 Å².